The largest absolute Gasteiger partial charge is 0.269 e. The number of nitro benzene ring substituents is 2. The third kappa shape index (κ3) is 4.57. The normalized spacial score (nSPS) is 15.6. The van der Waals surface area contributed by atoms with Gasteiger partial charge in [0.25, 0.3) is 31.4 Å². The van der Waals surface area contributed by atoms with E-state index in [-0.39, 0.29) is 11.4 Å². The predicted molar refractivity (Wildman–Crippen MR) is 109 cm³/mol. The van der Waals surface area contributed by atoms with Crippen molar-refractivity contribution in [2.75, 3.05) is 0 Å². The molecular formula is C18H19N3O8S2. The second-order valence-corrected chi connectivity index (χ2v) is 10.9. The molecule has 0 saturated heterocycles. The Hall–Kier alpha value is -2.90. The van der Waals surface area contributed by atoms with Crippen LogP contribution in [-0.2, 0) is 20.0 Å². The third-order valence-corrected chi connectivity index (χ3v) is 9.49. The number of nitrogens with zero attached hydrogens (tertiary/aromatic N) is 3. The molecule has 11 nitrogen and oxygen atoms in total. The van der Waals surface area contributed by atoms with Gasteiger partial charge in [0, 0.05) is 30.3 Å². The van der Waals surface area contributed by atoms with Crippen molar-refractivity contribution in [2.45, 2.75) is 47.9 Å². The number of nitro groups is 2. The smallest absolute Gasteiger partial charge is 0.258 e. The minimum Gasteiger partial charge on any atom is -0.258 e. The van der Waals surface area contributed by atoms with Gasteiger partial charge in [-0.15, -0.1) is 0 Å². The summed E-state index contributed by atoms with van der Waals surface area (Å²) in [4.78, 5) is 19.6. The predicted octanol–water partition coefficient (Wildman–Crippen LogP) is 3.22. The van der Waals surface area contributed by atoms with Crippen LogP contribution in [0.15, 0.2) is 58.3 Å². The van der Waals surface area contributed by atoms with E-state index in [1.54, 1.807) is 0 Å². The summed E-state index contributed by atoms with van der Waals surface area (Å²) in [5.74, 6) is 0. The Morgan fingerprint density at radius 2 is 1.03 bits per heavy atom. The number of hydrogen-bond donors (Lipinski definition) is 0. The molecule has 1 aliphatic rings. The minimum atomic E-state index is -4.59. The van der Waals surface area contributed by atoms with Crippen LogP contribution < -0.4 is 0 Å². The molecule has 0 aliphatic heterocycles. The molecule has 0 atom stereocenters. The molecule has 0 radical (unpaired) electrons. The van der Waals surface area contributed by atoms with E-state index in [9.17, 15) is 37.1 Å². The zero-order valence-electron chi connectivity index (χ0n) is 16.2. The molecule has 0 aromatic heterocycles. The zero-order valence-corrected chi connectivity index (χ0v) is 17.8. The second-order valence-electron chi connectivity index (χ2n) is 7.03. The van der Waals surface area contributed by atoms with Crippen LogP contribution in [0.25, 0.3) is 0 Å². The lowest BCUT2D eigenvalue weighted by atomic mass is 9.96. The monoisotopic (exact) mass is 469 g/mol. The van der Waals surface area contributed by atoms with Gasteiger partial charge in [0.1, 0.15) is 0 Å². The molecule has 0 heterocycles. The summed E-state index contributed by atoms with van der Waals surface area (Å²) in [6.07, 6.45) is 2.80. The molecule has 1 aliphatic carbocycles. The molecule has 166 valence electrons. The minimum absolute atomic E-state index is 0.332. The number of non-ortho nitro benzene ring substituents is 2. The van der Waals surface area contributed by atoms with Crippen molar-refractivity contribution in [3.8, 4) is 0 Å². The maximum Gasteiger partial charge on any atom is 0.269 e. The lowest BCUT2D eigenvalue weighted by Crippen LogP contribution is -2.45. The summed E-state index contributed by atoms with van der Waals surface area (Å²) in [7, 11) is -9.17. The Morgan fingerprint density at radius 3 is 1.35 bits per heavy atom. The van der Waals surface area contributed by atoms with Gasteiger partial charge in [-0.25, -0.2) is 16.8 Å². The molecule has 0 N–H and O–H groups in total. The van der Waals surface area contributed by atoms with Crippen molar-refractivity contribution in [3.63, 3.8) is 0 Å². The summed E-state index contributed by atoms with van der Waals surface area (Å²) < 4.78 is 54.0. The second kappa shape index (κ2) is 8.69. The zero-order chi connectivity index (χ0) is 22.8. The van der Waals surface area contributed by atoms with Crippen LogP contribution in [0.5, 0.6) is 0 Å². The van der Waals surface area contributed by atoms with Crippen LogP contribution in [-0.4, -0.2) is 36.4 Å². The fraction of sp³-hybridized carbons (Fsp3) is 0.333. The number of sulfonamides is 2. The van der Waals surface area contributed by atoms with Gasteiger partial charge in [-0.1, -0.05) is 23.0 Å². The van der Waals surface area contributed by atoms with Crippen molar-refractivity contribution in [1.82, 2.24) is 3.71 Å². The maximum atomic E-state index is 13.4. The van der Waals surface area contributed by atoms with E-state index in [4.69, 9.17) is 0 Å². The van der Waals surface area contributed by atoms with E-state index < -0.39 is 45.7 Å². The topological polar surface area (TPSA) is 158 Å². The molecule has 2 aromatic carbocycles. The molecule has 1 saturated carbocycles. The molecule has 2 aromatic rings. The van der Waals surface area contributed by atoms with Crippen LogP contribution in [0.2, 0.25) is 0 Å². The van der Waals surface area contributed by atoms with Gasteiger partial charge in [0.05, 0.1) is 19.6 Å². The highest BCUT2D eigenvalue weighted by Crippen LogP contribution is 2.34. The standard InChI is InChI=1S/C18H19N3O8S2/c22-19(23)14-6-10-17(11-7-14)30(26,27)21(16-4-2-1-3-5-16)31(28,29)18-12-8-15(9-13-18)20(24)25/h6-13,16H,1-5H2. The van der Waals surface area contributed by atoms with Crippen LogP contribution in [0.3, 0.4) is 0 Å². The first-order chi connectivity index (χ1) is 14.5. The fourth-order valence-corrected chi connectivity index (χ4v) is 7.63. The van der Waals surface area contributed by atoms with E-state index in [0.29, 0.717) is 29.4 Å². The van der Waals surface area contributed by atoms with E-state index in [1.807, 2.05) is 0 Å². The van der Waals surface area contributed by atoms with E-state index in [1.165, 1.54) is 0 Å². The van der Waals surface area contributed by atoms with Gasteiger partial charge < -0.3 is 0 Å². The highest BCUT2D eigenvalue weighted by Gasteiger charge is 2.42. The van der Waals surface area contributed by atoms with Crippen molar-refractivity contribution in [1.29, 1.82) is 0 Å². The quantitative estimate of drug-likeness (QED) is 0.441. The molecule has 1 fully saturated rings. The van der Waals surface area contributed by atoms with Crippen molar-refractivity contribution >= 4 is 31.4 Å². The van der Waals surface area contributed by atoms with Gasteiger partial charge in [-0.3, -0.25) is 20.2 Å². The van der Waals surface area contributed by atoms with Crippen LogP contribution in [0.1, 0.15) is 32.1 Å². The molecule has 0 bridgehead atoms. The van der Waals surface area contributed by atoms with E-state index in [0.717, 1.165) is 55.0 Å². The molecule has 13 heteroatoms. The lowest BCUT2D eigenvalue weighted by molar-refractivity contribution is -0.385. The Bertz CT molecular complexity index is 1100. The third-order valence-electron chi connectivity index (χ3n) is 5.04. The number of benzene rings is 2. The summed E-state index contributed by atoms with van der Waals surface area (Å²) in [6, 6.07) is 7.12. The summed E-state index contributed by atoms with van der Waals surface area (Å²) in [5, 5.41) is 21.7. The summed E-state index contributed by atoms with van der Waals surface area (Å²) in [6.45, 7) is 0. The Labute approximate surface area is 178 Å². The summed E-state index contributed by atoms with van der Waals surface area (Å²) in [5.41, 5.74) is -0.664. The van der Waals surface area contributed by atoms with Crippen LogP contribution in [0, 0.1) is 20.2 Å². The molecule has 31 heavy (non-hydrogen) atoms. The van der Waals surface area contributed by atoms with Crippen molar-refractivity contribution < 1.29 is 26.7 Å². The molecule has 0 spiro atoms. The van der Waals surface area contributed by atoms with Gasteiger partial charge in [0.15, 0.2) is 0 Å². The van der Waals surface area contributed by atoms with Crippen molar-refractivity contribution in [2.24, 2.45) is 0 Å². The van der Waals surface area contributed by atoms with Crippen molar-refractivity contribution in [3.05, 3.63) is 68.8 Å². The maximum absolute atomic E-state index is 13.4. The first-order valence-corrected chi connectivity index (χ1v) is 12.2. The first kappa shape index (κ1) is 22.8. The number of rotatable bonds is 7. The van der Waals surface area contributed by atoms with Gasteiger partial charge in [-0.05, 0) is 37.1 Å². The number of hydrogen-bond acceptors (Lipinski definition) is 8. The van der Waals surface area contributed by atoms with Crippen LogP contribution >= 0.6 is 0 Å². The molecule has 0 unspecified atom stereocenters. The van der Waals surface area contributed by atoms with E-state index in [2.05, 4.69) is 0 Å². The Balaban J connectivity index is 2.10. The molecule has 0 amide bonds. The first-order valence-electron chi connectivity index (χ1n) is 9.34. The Morgan fingerprint density at radius 1 is 0.677 bits per heavy atom. The fourth-order valence-electron chi connectivity index (χ4n) is 3.50. The molecular weight excluding hydrogens is 450 g/mol. The van der Waals surface area contributed by atoms with Gasteiger partial charge in [0.2, 0.25) is 0 Å². The van der Waals surface area contributed by atoms with Gasteiger partial charge >= 0.3 is 0 Å². The van der Waals surface area contributed by atoms with E-state index >= 15 is 0 Å². The lowest BCUT2D eigenvalue weighted by Gasteiger charge is -2.32. The molecule has 3 rings (SSSR count). The highest BCUT2D eigenvalue weighted by molar-refractivity contribution is 8.04. The van der Waals surface area contributed by atoms with Gasteiger partial charge in [-0.2, -0.15) is 0 Å². The average molecular weight is 469 g/mol. The van der Waals surface area contributed by atoms with Crippen LogP contribution in [0.4, 0.5) is 11.4 Å². The Kier molecular flexibility index (Phi) is 6.38. The SMILES string of the molecule is O=[N+]([O-])c1ccc(S(=O)(=O)N(C2CCCCC2)S(=O)(=O)c2ccc([N+](=O)[O-])cc2)cc1. The average Bonchev–Trinajstić information content (AvgIpc) is 2.74. The summed E-state index contributed by atoms with van der Waals surface area (Å²) >= 11 is 0. The highest BCUT2D eigenvalue weighted by atomic mass is 32.3.